The summed E-state index contributed by atoms with van der Waals surface area (Å²) in [5, 5.41) is 28.0. The van der Waals surface area contributed by atoms with E-state index in [1.807, 2.05) is 0 Å². The summed E-state index contributed by atoms with van der Waals surface area (Å²) < 4.78 is 37.9. The van der Waals surface area contributed by atoms with Crippen LogP contribution >= 0.6 is 0 Å². The van der Waals surface area contributed by atoms with E-state index in [0.29, 0.717) is 11.3 Å². The van der Waals surface area contributed by atoms with Crippen LogP contribution in [0.5, 0.6) is 0 Å². The van der Waals surface area contributed by atoms with Gasteiger partial charge in [0, 0.05) is 6.54 Å². The average molecular weight is 307 g/mol. The van der Waals surface area contributed by atoms with E-state index in [0.717, 1.165) is 4.90 Å². The minimum absolute atomic E-state index is 0.0581. The molecule has 0 saturated carbocycles. The first kappa shape index (κ1) is 17.0. The second kappa shape index (κ2) is 6.57. The van der Waals surface area contributed by atoms with Gasteiger partial charge in [0.2, 0.25) is 0 Å². The predicted molar refractivity (Wildman–Crippen MR) is 69.4 cm³/mol. The number of rotatable bonds is 5. The van der Waals surface area contributed by atoms with Crippen LogP contribution in [0.3, 0.4) is 0 Å². The van der Waals surface area contributed by atoms with E-state index in [-0.39, 0.29) is 23.8 Å². The Hall–Kier alpha value is -2.10. The molecule has 1 rings (SSSR count). The Morgan fingerprint density at radius 1 is 1.33 bits per heavy atom. The van der Waals surface area contributed by atoms with Crippen molar-refractivity contribution in [3.8, 4) is 0 Å². The Balaban J connectivity index is 3.40. The third-order valence-corrected chi connectivity index (χ3v) is 2.84. The SMILES string of the molecule is Cc1nnc(N(CCO)CC(F)(F)F)c(C(N)=NO)c1C. The van der Waals surface area contributed by atoms with Crippen molar-refractivity contribution in [2.45, 2.75) is 20.0 Å². The Kier molecular flexibility index (Phi) is 5.30. The molecular formula is C11H16F3N5O2. The number of hydrogen-bond donors (Lipinski definition) is 3. The van der Waals surface area contributed by atoms with Crippen molar-refractivity contribution in [3.63, 3.8) is 0 Å². The van der Waals surface area contributed by atoms with Crippen molar-refractivity contribution >= 4 is 11.7 Å². The smallest absolute Gasteiger partial charge is 0.405 e. The van der Waals surface area contributed by atoms with E-state index in [1.54, 1.807) is 13.8 Å². The van der Waals surface area contributed by atoms with Gasteiger partial charge >= 0.3 is 6.18 Å². The van der Waals surface area contributed by atoms with E-state index in [9.17, 15) is 13.2 Å². The Bertz CT molecular complexity index is 533. The van der Waals surface area contributed by atoms with Crippen molar-refractivity contribution in [1.29, 1.82) is 0 Å². The fraction of sp³-hybridized carbons (Fsp3) is 0.545. The van der Waals surface area contributed by atoms with Gasteiger partial charge in [-0.2, -0.15) is 18.3 Å². The van der Waals surface area contributed by atoms with Gasteiger partial charge in [0.1, 0.15) is 6.54 Å². The molecule has 21 heavy (non-hydrogen) atoms. The maximum absolute atomic E-state index is 12.6. The summed E-state index contributed by atoms with van der Waals surface area (Å²) in [6.45, 7) is 1.01. The number of hydrogen-bond acceptors (Lipinski definition) is 6. The van der Waals surface area contributed by atoms with Gasteiger partial charge in [-0.15, -0.1) is 5.10 Å². The third-order valence-electron chi connectivity index (χ3n) is 2.84. The molecule has 7 nitrogen and oxygen atoms in total. The molecule has 0 atom stereocenters. The van der Waals surface area contributed by atoms with E-state index in [1.165, 1.54) is 0 Å². The van der Waals surface area contributed by atoms with Gasteiger partial charge in [-0.1, -0.05) is 5.16 Å². The lowest BCUT2D eigenvalue weighted by Crippen LogP contribution is -2.38. The Labute approximate surface area is 118 Å². The van der Waals surface area contributed by atoms with Crippen LogP contribution in [-0.2, 0) is 0 Å². The number of halogens is 3. The van der Waals surface area contributed by atoms with Gasteiger partial charge in [0.05, 0.1) is 17.9 Å². The summed E-state index contributed by atoms with van der Waals surface area (Å²) in [6, 6.07) is 0. The standard InChI is InChI=1S/C11H16F3N5O2/c1-6-7(2)16-17-10(8(6)9(15)18-21)19(3-4-20)5-11(12,13)14/h20-21H,3-5H2,1-2H3,(H2,15,18). The van der Waals surface area contributed by atoms with Gasteiger partial charge in [0.15, 0.2) is 11.7 Å². The quantitative estimate of drug-likeness (QED) is 0.317. The molecule has 0 aliphatic heterocycles. The molecule has 1 aromatic rings. The first-order valence-corrected chi connectivity index (χ1v) is 5.95. The lowest BCUT2D eigenvalue weighted by atomic mass is 10.1. The number of amidine groups is 1. The maximum Gasteiger partial charge on any atom is 0.405 e. The van der Waals surface area contributed by atoms with Crippen molar-refractivity contribution in [2.24, 2.45) is 10.9 Å². The number of nitrogens with zero attached hydrogens (tertiary/aromatic N) is 4. The van der Waals surface area contributed by atoms with Crippen molar-refractivity contribution < 1.29 is 23.5 Å². The van der Waals surface area contributed by atoms with Crippen LogP contribution in [0.4, 0.5) is 19.0 Å². The molecule has 0 bridgehead atoms. The molecular weight excluding hydrogens is 291 g/mol. The maximum atomic E-state index is 12.6. The highest BCUT2D eigenvalue weighted by molar-refractivity contribution is 6.02. The number of aryl methyl sites for hydroxylation is 1. The molecule has 10 heteroatoms. The number of oxime groups is 1. The number of aromatic nitrogens is 2. The minimum Gasteiger partial charge on any atom is -0.409 e. The second-order valence-electron chi connectivity index (χ2n) is 4.35. The summed E-state index contributed by atoms with van der Waals surface area (Å²) in [5.41, 5.74) is 6.47. The Morgan fingerprint density at radius 3 is 2.43 bits per heavy atom. The lowest BCUT2D eigenvalue weighted by molar-refractivity contribution is -0.120. The number of nitrogens with two attached hydrogens (primary N) is 1. The molecule has 0 unspecified atom stereocenters. The molecule has 0 aliphatic rings. The molecule has 0 aliphatic carbocycles. The minimum atomic E-state index is -4.50. The summed E-state index contributed by atoms with van der Waals surface area (Å²) >= 11 is 0. The van der Waals surface area contributed by atoms with Crippen LogP contribution in [0.25, 0.3) is 0 Å². The third kappa shape index (κ3) is 4.18. The molecule has 0 spiro atoms. The Morgan fingerprint density at radius 2 is 1.95 bits per heavy atom. The van der Waals surface area contributed by atoms with E-state index in [4.69, 9.17) is 16.0 Å². The van der Waals surface area contributed by atoms with Crippen LogP contribution < -0.4 is 10.6 Å². The van der Waals surface area contributed by atoms with Crippen molar-refractivity contribution in [3.05, 3.63) is 16.8 Å². The highest BCUT2D eigenvalue weighted by Gasteiger charge is 2.33. The number of aliphatic hydroxyl groups excluding tert-OH is 1. The first-order chi connectivity index (χ1) is 9.71. The highest BCUT2D eigenvalue weighted by atomic mass is 19.4. The second-order valence-corrected chi connectivity index (χ2v) is 4.35. The van der Waals surface area contributed by atoms with Crippen LogP contribution in [0, 0.1) is 13.8 Å². The van der Waals surface area contributed by atoms with Crippen molar-refractivity contribution in [1.82, 2.24) is 10.2 Å². The lowest BCUT2D eigenvalue weighted by Gasteiger charge is -2.26. The monoisotopic (exact) mass is 307 g/mol. The van der Waals surface area contributed by atoms with Crippen LogP contribution in [0.2, 0.25) is 0 Å². The molecule has 0 radical (unpaired) electrons. The van der Waals surface area contributed by atoms with Gasteiger partial charge < -0.3 is 20.9 Å². The normalized spacial score (nSPS) is 12.6. The number of alkyl halides is 3. The zero-order chi connectivity index (χ0) is 16.2. The molecule has 118 valence electrons. The van der Waals surface area contributed by atoms with E-state index >= 15 is 0 Å². The van der Waals surface area contributed by atoms with Crippen LogP contribution in [0.15, 0.2) is 5.16 Å². The van der Waals surface area contributed by atoms with Crippen LogP contribution in [0.1, 0.15) is 16.8 Å². The van der Waals surface area contributed by atoms with E-state index < -0.39 is 19.3 Å². The fourth-order valence-electron chi connectivity index (χ4n) is 1.77. The van der Waals surface area contributed by atoms with Gasteiger partial charge in [-0.05, 0) is 19.4 Å². The summed E-state index contributed by atoms with van der Waals surface area (Å²) in [5.74, 6) is -0.564. The zero-order valence-corrected chi connectivity index (χ0v) is 11.5. The molecule has 0 saturated heterocycles. The largest absolute Gasteiger partial charge is 0.409 e. The summed E-state index contributed by atoms with van der Waals surface area (Å²) in [6.07, 6.45) is -4.50. The summed E-state index contributed by atoms with van der Waals surface area (Å²) in [4.78, 5) is 0.785. The van der Waals surface area contributed by atoms with Gasteiger partial charge in [-0.25, -0.2) is 0 Å². The predicted octanol–water partition coefficient (Wildman–Crippen LogP) is 0.549. The van der Waals surface area contributed by atoms with E-state index in [2.05, 4.69) is 15.4 Å². The van der Waals surface area contributed by atoms with Crippen LogP contribution in [-0.4, -0.2) is 52.2 Å². The summed E-state index contributed by atoms with van der Waals surface area (Å²) in [7, 11) is 0. The number of aliphatic hydroxyl groups is 1. The molecule has 0 amide bonds. The fourth-order valence-corrected chi connectivity index (χ4v) is 1.77. The first-order valence-electron chi connectivity index (χ1n) is 5.95. The average Bonchev–Trinajstić information content (AvgIpc) is 2.39. The van der Waals surface area contributed by atoms with Gasteiger partial charge in [-0.3, -0.25) is 0 Å². The van der Waals surface area contributed by atoms with Crippen molar-refractivity contribution in [2.75, 3.05) is 24.6 Å². The zero-order valence-electron chi connectivity index (χ0n) is 11.5. The molecule has 1 aromatic heterocycles. The molecule has 1 heterocycles. The molecule has 0 aromatic carbocycles. The topological polar surface area (TPSA) is 108 Å². The molecule has 4 N–H and O–H groups in total. The highest BCUT2D eigenvalue weighted by Crippen LogP contribution is 2.25. The number of anilines is 1. The van der Waals surface area contributed by atoms with Gasteiger partial charge in [0.25, 0.3) is 0 Å². The molecule has 0 fully saturated rings.